The van der Waals surface area contributed by atoms with Gasteiger partial charge in [-0.15, -0.1) is 17.3 Å². The van der Waals surface area contributed by atoms with Crippen molar-refractivity contribution in [2.75, 3.05) is 19.1 Å². The summed E-state index contributed by atoms with van der Waals surface area (Å²) in [6.45, 7) is 3.64. The number of allylic oxidation sites excluding steroid dienone is 3. The minimum absolute atomic E-state index is 0.641. The highest BCUT2D eigenvalue weighted by molar-refractivity contribution is 6.17. The maximum absolute atomic E-state index is 5.57. The van der Waals surface area contributed by atoms with Crippen LogP contribution >= 0.6 is 11.6 Å². The van der Waals surface area contributed by atoms with E-state index in [1.165, 1.54) is 19.3 Å². The number of rotatable bonds is 13. The van der Waals surface area contributed by atoms with Crippen LogP contribution in [0.25, 0.3) is 0 Å². The van der Waals surface area contributed by atoms with Crippen molar-refractivity contribution in [3.8, 4) is 0 Å². The molecule has 0 aliphatic heterocycles. The highest BCUT2D eigenvalue weighted by atomic mass is 35.5. The Hall–Kier alpha value is -0.750. The lowest BCUT2D eigenvalue weighted by atomic mass is 10.2. The molecule has 0 fully saturated rings. The van der Waals surface area contributed by atoms with E-state index in [0.717, 1.165) is 38.2 Å². The first-order chi connectivity index (χ1) is 9.91. The van der Waals surface area contributed by atoms with Gasteiger partial charge in [-0.3, -0.25) is 0 Å². The van der Waals surface area contributed by atoms with Crippen molar-refractivity contribution in [2.24, 2.45) is 0 Å². The lowest BCUT2D eigenvalue weighted by molar-refractivity contribution is 0.167. The number of halogens is 1. The van der Waals surface area contributed by atoms with E-state index in [0.29, 0.717) is 6.61 Å². The number of ether oxygens (including phenoxy) is 1. The Morgan fingerprint density at radius 2 is 1.75 bits per heavy atom. The van der Waals surface area contributed by atoms with Crippen LogP contribution in [-0.2, 0) is 4.74 Å². The molecule has 0 aromatic rings. The summed E-state index contributed by atoms with van der Waals surface area (Å²) in [7, 11) is 0. The second-order valence-corrected chi connectivity index (χ2v) is 4.97. The van der Waals surface area contributed by atoms with Crippen molar-refractivity contribution in [3.05, 3.63) is 42.2 Å². The number of hydrogen-bond donors (Lipinski definition) is 0. The summed E-state index contributed by atoms with van der Waals surface area (Å²) < 4.78 is 5.47. The van der Waals surface area contributed by atoms with E-state index in [4.69, 9.17) is 16.3 Å². The Morgan fingerprint density at radius 3 is 2.50 bits per heavy atom. The van der Waals surface area contributed by atoms with Crippen LogP contribution in [0.15, 0.2) is 42.2 Å². The predicted molar refractivity (Wildman–Crippen MR) is 90.5 cm³/mol. The highest BCUT2D eigenvalue weighted by Crippen LogP contribution is 1.97. The molecule has 0 rings (SSSR count). The largest absolute Gasteiger partial charge is 0.376 e. The fourth-order valence-corrected chi connectivity index (χ4v) is 1.67. The Balaban J connectivity index is 3.30. The third kappa shape index (κ3) is 17.2. The molecule has 0 saturated heterocycles. The van der Waals surface area contributed by atoms with E-state index in [2.05, 4.69) is 37.0 Å². The summed E-state index contributed by atoms with van der Waals surface area (Å²) in [6, 6.07) is 0. The molecule has 0 heterocycles. The zero-order valence-corrected chi connectivity index (χ0v) is 13.6. The molecule has 0 aliphatic carbocycles. The van der Waals surface area contributed by atoms with Crippen molar-refractivity contribution in [2.45, 2.75) is 51.9 Å². The van der Waals surface area contributed by atoms with E-state index in [1.54, 1.807) is 0 Å². The average Bonchev–Trinajstić information content (AvgIpc) is 2.47. The minimum atomic E-state index is 0.641. The fraction of sp³-hybridized carbons (Fsp3) is 0.611. The van der Waals surface area contributed by atoms with E-state index < -0.39 is 0 Å². The third-order valence-electron chi connectivity index (χ3n) is 2.68. The quantitative estimate of drug-likeness (QED) is 0.180. The average molecular weight is 297 g/mol. The second kappa shape index (κ2) is 18.2. The van der Waals surface area contributed by atoms with Gasteiger partial charge in [-0.05, 0) is 44.3 Å². The van der Waals surface area contributed by atoms with Gasteiger partial charge in [0.25, 0.3) is 0 Å². The number of unbranched alkanes of at least 4 members (excludes halogenated alkanes) is 3. The summed E-state index contributed by atoms with van der Waals surface area (Å²) in [4.78, 5) is 0. The molecule has 0 spiro atoms. The number of hydrogen-bond acceptors (Lipinski definition) is 1. The zero-order chi connectivity index (χ0) is 14.7. The van der Waals surface area contributed by atoms with Crippen LogP contribution in [0.5, 0.6) is 0 Å². The van der Waals surface area contributed by atoms with Gasteiger partial charge in [0.1, 0.15) is 0 Å². The smallest absolute Gasteiger partial charge is 0.0721 e. The molecule has 2 heteroatoms. The van der Waals surface area contributed by atoms with Crippen LogP contribution in [0.4, 0.5) is 0 Å². The zero-order valence-electron chi connectivity index (χ0n) is 12.8. The van der Waals surface area contributed by atoms with Crippen molar-refractivity contribution in [1.82, 2.24) is 0 Å². The van der Waals surface area contributed by atoms with Crippen LogP contribution in [0.3, 0.4) is 0 Å². The molecule has 0 radical (unpaired) electrons. The molecule has 114 valence electrons. The van der Waals surface area contributed by atoms with Gasteiger partial charge >= 0.3 is 0 Å². The summed E-state index contributed by atoms with van der Waals surface area (Å²) >= 11 is 5.57. The molecule has 0 bridgehead atoms. The molecule has 0 unspecified atom stereocenters. The van der Waals surface area contributed by atoms with Gasteiger partial charge in [-0.1, -0.05) is 44.1 Å². The minimum Gasteiger partial charge on any atom is -0.376 e. The van der Waals surface area contributed by atoms with Crippen LogP contribution < -0.4 is 0 Å². The first-order valence-corrected chi connectivity index (χ1v) is 8.28. The fourth-order valence-electron chi connectivity index (χ4n) is 1.52. The van der Waals surface area contributed by atoms with E-state index >= 15 is 0 Å². The summed E-state index contributed by atoms with van der Waals surface area (Å²) in [5.41, 5.74) is 3.09. The van der Waals surface area contributed by atoms with Gasteiger partial charge in [0.15, 0.2) is 0 Å². The lowest BCUT2D eigenvalue weighted by Gasteiger charge is -1.95. The first-order valence-electron chi connectivity index (χ1n) is 7.75. The standard InChI is InChI=1S/C18H29ClO/c1-2-3-4-5-6-7-8-11-14-17-20-18-15-12-9-10-13-16-19/h5-6,8-9,11,15H,2-4,7,10,13-14,16-18H2,1H3. The van der Waals surface area contributed by atoms with Crippen LogP contribution in [-0.4, -0.2) is 19.1 Å². The maximum atomic E-state index is 5.57. The van der Waals surface area contributed by atoms with Gasteiger partial charge < -0.3 is 4.74 Å². The topological polar surface area (TPSA) is 9.23 Å². The molecule has 0 aromatic carbocycles. The van der Waals surface area contributed by atoms with Crippen LogP contribution in [0.1, 0.15) is 51.9 Å². The summed E-state index contributed by atoms with van der Waals surface area (Å²) in [5.74, 6) is 0.717. The molecule has 20 heavy (non-hydrogen) atoms. The Bertz CT molecular complexity index is 299. The second-order valence-electron chi connectivity index (χ2n) is 4.59. The van der Waals surface area contributed by atoms with Crippen molar-refractivity contribution >= 4 is 11.6 Å². The molecule has 0 saturated carbocycles. The lowest BCUT2D eigenvalue weighted by Crippen LogP contribution is -1.91. The van der Waals surface area contributed by atoms with E-state index in [1.807, 2.05) is 12.2 Å². The van der Waals surface area contributed by atoms with Crippen molar-refractivity contribution < 1.29 is 4.74 Å². The maximum Gasteiger partial charge on any atom is 0.0721 e. The molecule has 0 aromatic heterocycles. The summed E-state index contributed by atoms with van der Waals surface area (Å²) in [6.07, 6.45) is 20.6. The Kier molecular flexibility index (Phi) is 17.6. The monoisotopic (exact) mass is 296 g/mol. The molecule has 0 N–H and O–H groups in total. The first kappa shape index (κ1) is 19.2. The predicted octanol–water partition coefficient (Wildman–Crippen LogP) is 5.82. The highest BCUT2D eigenvalue weighted by Gasteiger charge is 1.82. The molecule has 0 amide bonds. The number of alkyl halides is 1. The van der Waals surface area contributed by atoms with Gasteiger partial charge in [0.2, 0.25) is 0 Å². The van der Waals surface area contributed by atoms with E-state index in [-0.39, 0.29) is 0 Å². The third-order valence-corrected chi connectivity index (χ3v) is 2.94. The van der Waals surface area contributed by atoms with Crippen molar-refractivity contribution in [1.29, 1.82) is 0 Å². The van der Waals surface area contributed by atoms with Gasteiger partial charge in [0.05, 0.1) is 13.2 Å². The van der Waals surface area contributed by atoms with E-state index in [9.17, 15) is 0 Å². The molecule has 0 atom stereocenters. The van der Waals surface area contributed by atoms with Gasteiger partial charge in [-0.25, -0.2) is 0 Å². The summed E-state index contributed by atoms with van der Waals surface area (Å²) in [5, 5.41) is 0. The SMILES string of the molecule is CCCCC=CCC=CCCOCC=C=CCCCCl. The van der Waals surface area contributed by atoms with Crippen LogP contribution in [0, 0.1) is 0 Å². The van der Waals surface area contributed by atoms with Crippen LogP contribution in [0.2, 0.25) is 0 Å². The van der Waals surface area contributed by atoms with Gasteiger partial charge in [0, 0.05) is 5.88 Å². The Morgan fingerprint density at radius 1 is 0.950 bits per heavy atom. The molecular weight excluding hydrogens is 268 g/mol. The molecular formula is C18H29ClO. The normalized spacial score (nSPS) is 11.1. The van der Waals surface area contributed by atoms with Gasteiger partial charge in [-0.2, -0.15) is 0 Å². The Labute approximate surface area is 130 Å². The van der Waals surface area contributed by atoms with Crippen molar-refractivity contribution in [3.63, 3.8) is 0 Å². The molecule has 1 nitrogen and oxygen atoms in total. The molecule has 0 aliphatic rings.